The smallest absolute Gasteiger partial charge is 0.251 e. The number of rotatable bonds is 3. The maximum absolute atomic E-state index is 13.0. The third kappa shape index (κ3) is 3.23. The maximum Gasteiger partial charge on any atom is 0.251 e. The monoisotopic (exact) mass is 391 g/mol. The van der Waals surface area contributed by atoms with E-state index in [1.54, 1.807) is 11.3 Å². The summed E-state index contributed by atoms with van der Waals surface area (Å²) < 4.78 is 1.13. The van der Waals surface area contributed by atoms with Crippen LogP contribution < -0.4 is 10.6 Å². The standard InChI is InChI=1S/C23H25N3OS/c1-14-12-17(22(27)25-19-7-6-15-4-2-3-5-18(15)19)13-20-21(14)26-23(28-20)16-8-10-24-11-9-16/h2-5,12-13,16,19,24H,6-11H2,1H3,(H,25,27)/t19-/m0/s1. The second kappa shape index (κ2) is 7.30. The second-order valence-corrected chi connectivity index (χ2v) is 9.04. The molecule has 1 fully saturated rings. The van der Waals surface area contributed by atoms with Crippen LogP contribution in [0.25, 0.3) is 10.2 Å². The Morgan fingerprint density at radius 3 is 2.86 bits per heavy atom. The molecule has 2 heterocycles. The van der Waals surface area contributed by atoms with Crippen LogP contribution in [0.5, 0.6) is 0 Å². The molecule has 0 unspecified atom stereocenters. The average molecular weight is 392 g/mol. The highest BCUT2D eigenvalue weighted by Gasteiger charge is 2.25. The van der Waals surface area contributed by atoms with Gasteiger partial charge in [-0.2, -0.15) is 0 Å². The molecule has 0 bridgehead atoms. The van der Waals surface area contributed by atoms with E-state index in [0.717, 1.165) is 60.1 Å². The topological polar surface area (TPSA) is 54.0 Å². The molecule has 0 saturated carbocycles. The molecule has 0 radical (unpaired) electrons. The highest BCUT2D eigenvalue weighted by atomic mass is 32.1. The minimum atomic E-state index is 0.0171. The Kier molecular flexibility index (Phi) is 4.65. The Morgan fingerprint density at radius 2 is 2.00 bits per heavy atom. The van der Waals surface area contributed by atoms with Crippen LogP contribution in [0.15, 0.2) is 36.4 Å². The quantitative estimate of drug-likeness (QED) is 0.692. The number of fused-ring (bicyclic) bond motifs is 2. The van der Waals surface area contributed by atoms with E-state index in [1.165, 1.54) is 16.1 Å². The molecule has 2 N–H and O–H groups in total. The van der Waals surface area contributed by atoms with Crippen molar-refractivity contribution in [2.24, 2.45) is 0 Å². The largest absolute Gasteiger partial charge is 0.345 e. The van der Waals surface area contributed by atoms with Crippen LogP contribution in [0, 0.1) is 6.92 Å². The number of benzene rings is 2. The number of hydrogen-bond acceptors (Lipinski definition) is 4. The normalized spacial score (nSPS) is 19.7. The molecule has 5 heteroatoms. The van der Waals surface area contributed by atoms with Gasteiger partial charge < -0.3 is 10.6 Å². The second-order valence-electron chi connectivity index (χ2n) is 7.98. The maximum atomic E-state index is 13.0. The molecule has 0 spiro atoms. The van der Waals surface area contributed by atoms with Crippen LogP contribution >= 0.6 is 11.3 Å². The lowest BCUT2D eigenvalue weighted by Gasteiger charge is -2.20. The van der Waals surface area contributed by atoms with Crippen LogP contribution in [-0.4, -0.2) is 24.0 Å². The van der Waals surface area contributed by atoms with Gasteiger partial charge in [-0.1, -0.05) is 24.3 Å². The van der Waals surface area contributed by atoms with Crippen molar-refractivity contribution in [3.63, 3.8) is 0 Å². The Labute approximate surface area is 169 Å². The highest BCUT2D eigenvalue weighted by molar-refractivity contribution is 7.18. The van der Waals surface area contributed by atoms with E-state index in [4.69, 9.17) is 4.98 Å². The SMILES string of the molecule is Cc1cc(C(=O)N[C@H]2CCc3ccccc32)cc2sc(C3CCNCC3)nc12. The molecule has 2 aromatic carbocycles. The van der Waals surface area contributed by atoms with E-state index in [-0.39, 0.29) is 11.9 Å². The van der Waals surface area contributed by atoms with Crippen LogP contribution in [0.2, 0.25) is 0 Å². The van der Waals surface area contributed by atoms with Gasteiger partial charge in [-0.3, -0.25) is 4.79 Å². The molecule has 2 aliphatic rings. The summed E-state index contributed by atoms with van der Waals surface area (Å²) in [6.07, 6.45) is 4.31. The number of amides is 1. The molecular weight excluding hydrogens is 366 g/mol. The zero-order chi connectivity index (χ0) is 19.1. The average Bonchev–Trinajstić information content (AvgIpc) is 3.33. The van der Waals surface area contributed by atoms with Crippen LogP contribution in [0.3, 0.4) is 0 Å². The molecule has 1 amide bonds. The lowest BCUT2D eigenvalue weighted by atomic mass is 9.99. The van der Waals surface area contributed by atoms with Crippen molar-refractivity contribution in [1.29, 1.82) is 0 Å². The fourth-order valence-corrected chi connectivity index (χ4v) is 5.79. The van der Waals surface area contributed by atoms with Gasteiger partial charge in [0, 0.05) is 11.5 Å². The zero-order valence-electron chi connectivity index (χ0n) is 16.1. The van der Waals surface area contributed by atoms with E-state index >= 15 is 0 Å². The number of aromatic nitrogens is 1. The number of nitrogens with zero attached hydrogens (tertiary/aromatic N) is 1. The van der Waals surface area contributed by atoms with Crippen molar-refractivity contribution in [3.8, 4) is 0 Å². The molecule has 3 aromatic rings. The summed E-state index contributed by atoms with van der Waals surface area (Å²) in [5, 5.41) is 7.89. The summed E-state index contributed by atoms with van der Waals surface area (Å²) in [6, 6.07) is 12.6. The fraction of sp³-hybridized carbons (Fsp3) is 0.391. The predicted molar refractivity (Wildman–Crippen MR) is 114 cm³/mol. The summed E-state index contributed by atoms with van der Waals surface area (Å²) in [5.74, 6) is 0.564. The Hall–Kier alpha value is -2.24. The molecule has 28 heavy (non-hydrogen) atoms. The number of piperidine rings is 1. The van der Waals surface area contributed by atoms with Gasteiger partial charge in [0.2, 0.25) is 0 Å². The Balaban J connectivity index is 1.40. The van der Waals surface area contributed by atoms with Gasteiger partial charge in [0.1, 0.15) is 0 Å². The van der Waals surface area contributed by atoms with Gasteiger partial charge >= 0.3 is 0 Å². The van der Waals surface area contributed by atoms with E-state index in [1.807, 2.05) is 12.1 Å². The zero-order valence-corrected chi connectivity index (χ0v) is 16.9. The van der Waals surface area contributed by atoms with Crippen molar-refractivity contribution in [1.82, 2.24) is 15.6 Å². The first-order valence-electron chi connectivity index (χ1n) is 10.2. The van der Waals surface area contributed by atoms with Gasteiger partial charge in [0.15, 0.2) is 0 Å². The molecule has 1 atom stereocenters. The fourth-order valence-electron chi connectivity index (χ4n) is 4.54. The molecule has 1 aliphatic carbocycles. The first kappa shape index (κ1) is 17.8. The number of nitrogens with one attached hydrogen (secondary N) is 2. The van der Waals surface area contributed by atoms with E-state index in [0.29, 0.717) is 5.92 Å². The van der Waals surface area contributed by atoms with Crippen molar-refractivity contribution >= 4 is 27.5 Å². The summed E-state index contributed by atoms with van der Waals surface area (Å²) in [7, 11) is 0. The number of aryl methyl sites for hydroxylation is 2. The molecule has 1 aliphatic heterocycles. The summed E-state index contributed by atoms with van der Waals surface area (Å²) in [6.45, 7) is 4.20. The van der Waals surface area contributed by atoms with Crippen molar-refractivity contribution in [3.05, 3.63) is 63.7 Å². The van der Waals surface area contributed by atoms with Gasteiger partial charge in [-0.25, -0.2) is 4.98 Å². The van der Waals surface area contributed by atoms with Gasteiger partial charge in [-0.05, 0) is 74.5 Å². The number of carbonyl (C=O) groups is 1. The number of hydrogen-bond donors (Lipinski definition) is 2. The number of carbonyl (C=O) groups excluding carboxylic acids is 1. The van der Waals surface area contributed by atoms with Crippen LogP contribution in [-0.2, 0) is 6.42 Å². The predicted octanol–water partition coefficient (Wildman–Crippen LogP) is 4.49. The van der Waals surface area contributed by atoms with Crippen molar-refractivity contribution in [2.75, 3.05) is 13.1 Å². The van der Waals surface area contributed by atoms with Crippen LogP contribution in [0.4, 0.5) is 0 Å². The third-order valence-electron chi connectivity index (χ3n) is 6.09. The first-order chi connectivity index (χ1) is 13.7. The van der Waals surface area contributed by atoms with Crippen LogP contribution in [0.1, 0.15) is 63.3 Å². The summed E-state index contributed by atoms with van der Waals surface area (Å²) in [5.41, 5.74) is 5.51. The minimum Gasteiger partial charge on any atom is -0.345 e. The molecule has 144 valence electrons. The van der Waals surface area contributed by atoms with Crippen molar-refractivity contribution in [2.45, 2.75) is 44.6 Å². The number of thiazole rings is 1. The Morgan fingerprint density at radius 1 is 1.18 bits per heavy atom. The summed E-state index contributed by atoms with van der Waals surface area (Å²) >= 11 is 1.76. The molecular formula is C23H25N3OS. The molecule has 1 aromatic heterocycles. The lowest BCUT2D eigenvalue weighted by molar-refractivity contribution is 0.0937. The third-order valence-corrected chi connectivity index (χ3v) is 7.26. The van der Waals surface area contributed by atoms with Gasteiger partial charge in [0.25, 0.3) is 5.91 Å². The molecule has 5 rings (SSSR count). The highest BCUT2D eigenvalue weighted by Crippen LogP contribution is 2.35. The van der Waals surface area contributed by atoms with E-state index in [9.17, 15) is 4.79 Å². The molecule has 1 saturated heterocycles. The summed E-state index contributed by atoms with van der Waals surface area (Å²) in [4.78, 5) is 17.9. The van der Waals surface area contributed by atoms with E-state index < -0.39 is 0 Å². The van der Waals surface area contributed by atoms with Gasteiger partial charge in [0.05, 0.1) is 21.3 Å². The minimum absolute atomic E-state index is 0.0171. The van der Waals surface area contributed by atoms with Crippen molar-refractivity contribution < 1.29 is 4.79 Å². The lowest BCUT2D eigenvalue weighted by Crippen LogP contribution is -2.27. The van der Waals surface area contributed by atoms with Gasteiger partial charge in [-0.15, -0.1) is 11.3 Å². The van der Waals surface area contributed by atoms with E-state index in [2.05, 4.69) is 41.8 Å². The Bertz CT molecular complexity index is 1040. The first-order valence-corrected chi connectivity index (χ1v) is 11.0. The molecule has 4 nitrogen and oxygen atoms in total.